The van der Waals surface area contributed by atoms with Crippen molar-refractivity contribution in [3.05, 3.63) is 12.1 Å². The summed E-state index contributed by atoms with van der Waals surface area (Å²) in [6, 6.07) is 0. The molecular weight excluding hydrogens is 108 g/mol. The molecule has 4 nitrogen and oxygen atoms in total. The van der Waals surface area contributed by atoms with Gasteiger partial charge in [-0.25, -0.2) is 4.99 Å². The topological polar surface area (TPSA) is 56.1 Å². The van der Waals surface area contributed by atoms with Gasteiger partial charge >= 0.3 is 0 Å². The van der Waals surface area contributed by atoms with E-state index in [0.717, 1.165) is 11.3 Å². The van der Waals surface area contributed by atoms with Crippen molar-refractivity contribution in [2.24, 2.45) is 4.99 Å². The number of aliphatic hydroxyl groups is 1. The van der Waals surface area contributed by atoms with Gasteiger partial charge in [0.15, 0.2) is 0 Å². The van der Waals surface area contributed by atoms with E-state index in [1.165, 1.54) is 6.21 Å². The second-order valence-electron chi connectivity index (χ2n) is 1.42. The largest absolute Gasteiger partial charge is 0.492 e. The van der Waals surface area contributed by atoms with Crippen molar-refractivity contribution in [2.45, 2.75) is 0 Å². The summed E-state index contributed by atoms with van der Waals surface area (Å²) in [7, 11) is 0. The summed E-state index contributed by atoms with van der Waals surface area (Å²) >= 11 is 0. The average Bonchev–Trinajstić information content (AvgIpc) is 1.64. The van der Waals surface area contributed by atoms with E-state index in [-0.39, 0.29) is 5.88 Å². The minimum Gasteiger partial charge on any atom is -0.492 e. The van der Waals surface area contributed by atoms with Crippen LogP contribution in [0.5, 0.6) is 0 Å². The van der Waals surface area contributed by atoms with Crippen LogP contribution in [-0.4, -0.2) is 28.1 Å². The minimum atomic E-state index is -0.168. The molecule has 0 fully saturated rings. The van der Waals surface area contributed by atoms with Gasteiger partial charge in [-0.2, -0.15) is 0 Å². The Hall–Kier alpha value is -1.03. The summed E-state index contributed by atoms with van der Waals surface area (Å²) in [5, 5.41) is 18.0. The number of aliphatic imine (C=N–C) groups is 1. The predicted octanol–water partition coefficient (Wildman–Crippen LogP) is 0.119. The van der Waals surface area contributed by atoms with Crippen LogP contribution in [0.2, 0.25) is 0 Å². The second-order valence-corrected chi connectivity index (χ2v) is 1.42. The molecule has 0 unspecified atom stereocenters. The first-order valence-electron chi connectivity index (χ1n) is 2.18. The van der Waals surface area contributed by atoms with Crippen molar-refractivity contribution in [1.82, 2.24) is 5.06 Å². The Morgan fingerprint density at radius 2 is 2.50 bits per heavy atom. The van der Waals surface area contributed by atoms with Gasteiger partial charge in [-0.1, -0.05) is 0 Å². The number of hydroxylamine groups is 2. The summed E-state index contributed by atoms with van der Waals surface area (Å²) in [6.07, 6.45) is 2.55. The minimum absolute atomic E-state index is 0.168. The molecule has 0 aromatic heterocycles. The van der Waals surface area contributed by atoms with Gasteiger partial charge in [0.2, 0.25) is 5.88 Å². The fraction of sp³-hybridized carbons (Fsp3) is 0.250. The molecule has 0 spiro atoms. The molecule has 0 bridgehead atoms. The monoisotopic (exact) mass is 114 g/mol. The summed E-state index contributed by atoms with van der Waals surface area (Å²) in [6.45, 7) is 0.337. The molecule has 1 aliphatic heterocycles. The molecule has 1 heterocycles. The summed E-state index contributed by atoms with van der Waals surface area (Å²) in [5.41, 5.74) is 0. The SMILES string of the molecule is OC1=CN(O)CC=N1. The molecule has 0 radical (unpaired) electrons. The van der Waals surface area contributed by atoms with E-state index in [1.807, 2.05) is 0 Å². The number of rotatable bonds is 0. The highest BCUT2D eigenvalue weighted by Gasteiger charge is 1.98. The third-order valence-corrected chi connectivity index (χ3v) is 0.757. The first kappa shape index (κ1) is 5.11. The van der Waals surface area contributed by atoms with Crippen molar-refractivity contribution in [2.75, 3.05) is 6.54 Å². The standard InChI is InChI=1S/C4H6N2O2/c7-4-3-6(8)2-1-5-4/h1,3,7-8H,2H2. The molecule has 0 saturated heterocycles. The third-order valence-electron chi connectivity index (χ3n) is 0.757. The van der Waals surface area contributed by atoms with E-state index in [0.29, 0.717) is 6.54 Å². The maximum Gasteiger partial charge on any atom is 0.229 e. The first-order valence-corrected chi connectivity index (χ1v) is 2.18. The van der Waals surface area contributed by atoms with Gasteiger partial charge in [0, 0.05) is 6.21 Å². The Morgan fingerprint density at radius 3 is 2.88 bits per heavy atom. The van der Waals surface area contributed by atoms with Gasteiger partial charge in [-0.05, 0) is 0 Å². The van der Waals surface area contributed by atoms with Crippen molar-refractivity contribution >= 4 is 6.21 Å². The Balaban J connectivity index is 2.63. The van der Waals surface area contributed by atoms with Crippen molar-refractivity contribution in [3.63, 3.8) is 0 Å². The average molecular weight is 114 g/mol. The van der Waals surface area contributed by atoms with Crippen molar-refractivity contribution in [1.29, 1.82) is 0 Å². The molecule has 0 atom stereocenters. The zero-order valence-electron chi connectivity index (χ0n) is 4.15. The lowest BCUT2D eigenvalue weighted by Gasteiger charge is -2.10. The summed E-state index contributed by atoms with van der Waals surface area (Å²) in [5.74, 6) is -0.168. The fourth-order valence-corrected chi connectivity index (χ4v) is 0.437. The van der Waals surface area contributed by atoms with Crippen LogP contribution in [0.3, 0.4) is 0 Å². The van der Waals surface area contributed by atoms with Gasteiger partial charge in [0.25, 0.3) is 0 Å². The van der Waals surface area contributed by atoms with E-state index in [9.17, 15) is 0 Å². The Kier molecular flexibility index (Phi) is 1.17. The highest BCUT2D eigenvalue weighted by atomic mass is 16.5. The normalized spacial score (nSPS) is 18.6. The summed E-state index contributed by atoms with van der Waals surface area (Å²) in [4.78, 5) is 3.47. The number of nitrogens with zero attached hydrogens (tertiary/aromatic N) is 2. The van der Waals surface area contributed by atoms with Crippen LogP contribution >= 0.6 is 0 Å². The molecule has 0 saturated carbocycles. The fourth-order valence-electron chi connectivity index (χ4n) is 0.437. The number of hydrogen-bond donors (Lipinski definition) is 2. The van der Waals surface area contributed by atoms with Gasteiger partial charge in [0.1, 0.15) is 0 Å². The molecular formula is C4H6N2O2. The molecule has 0 aromatic rings. The lowest BCUT2D eigenvalue weighted by atomic mass is 10.6. The van der Waals surface area contributed by atoms with Gasteiger partial charge < -0.3 is 5.11 Å². The summed E-state index contributed by atoms with van der Waals surface area (Å²) < 4.78 is 0. The molecule has 0 amide bonds. The lowest BCUT2D eigenvalue weighted by Crippen LogP contribution is -2.17. The molecule has 2 N–H and O–H groups in total. The van der Waals surface area contributed by atoms with Crippen LogP contribution in [-0.2, 0) is 0 Å². The highest BCUT2D eigenvalue weighted by molar-refractivity contribution is 5.61. The predicted molar refractivity (Wildman–Crippen MR) is 27.7 cm³/mol. The second kappa shape index (κ2) is 1.83. The molecule has 1 rings (SSSR count). The maximum atomic E-state index is 8.59. The quantitative estimate of drug-likeness (QED) is 0.470. The number of aliphatic hydroxyl groups excluding tert-OH is 1. The Morgan fingerprint density at radius 1 is 1.75 bits per heavy atom. The third kappa shape index (κ3) is 0.974. The maximum absolute atomic E-state index is 8.59. The lowest BCUT2D eigenvalue weighted by molar-refractivity contribution is -0.0293. The van der Waals surface area contributed by atoms with Crippen LogP contribution in [0.4, 0.5) is 0 Å². The van der Waals surface area contributed by atoms with Crippen LogP contribution < -0.4 is 0 Å². The zero-order chi connectivity index (χ0) is 5.98. The van der Waals surface area contributed by atoms with E-state index < -0.39 is 0 Å². The van der Waals surface area contributed by atoms with Gasteiger partial charge in [0.05, 0.1) is 12.7 Å². The zero-order valence-corrected chi connectivity index (χ0v) is 4.15. The Bertz CT molecular complexity index is 141. The number of hydrogen-bond acceptors (Lipinski definition) is 4. The van der Waals surface area contributed by atoms with E-state index in [2.05, 4.69) is 4.99 Å². The Labute approximate surface area is 46.3 Å². The molecule has 0 aliphatic carbocycles. The van der Waals surface area contributed by atoms with Crippen LogP contribution in [0.15, 0.2) is 17.1 Å². The molecule has 0 aromatic carbocycles. The first-order chi connectivity index (χ1) is 3.79. The van der Waals surface area contributed by atoms with Crippen LogP contribution in [0.1, 0.15) is 0 Å². The smallest absolute Gasteiger partial charge is 0.229 e. The van der Waals surface area contributed by atoms with E-state index in [1.54, 1.807) is 0 Å². The van der Waals surface area contributed by atoms with Gasteiger partial charge in [-0.3, -0.25) is 10.3 Å². The molecule has 8 heavy (non-hydrogen) atoms. The van der Waals surface area contributed by atoms with Crippen molar-refractivity contribution in [3.8, 4) is 0 Å². The molecule has 4 heteroatoms. The molecule has 44 valence electrons. The van der Waals surface area contributed by atoms with E-state index in [4.69, 9.17) is 10.3 Å². The van der Waals surface area contributed by atoms with Gasteiger partial charge in [-0.15, -0.1) is 0 Å². The highest BCUT2D eigenvalue weighted by Crippen LogP contribution is 1.96. The molecule has 1 aliphatic rings. The van der Waals surface area contributed by atoms with Crippen LogP contribution in [0, 0.1) is 0 Å². The van der Waals surface area contributed by atoms with Crippen LogP contribution in [0.25, 0.3) is 0 Å². The van der Waals surface area contributed by atoms with E-state index >= 15 is 0 Å². The van der Waals surface area contributed by atoms with Crippen molar-refractivity contribution < 1.29 is 10.3 Å².